The van der Waals surface area contributed by atoms with E-state index >= 15 is 0 Å². The minimum atomic E-state index is 0.0890. The first kappa shape index (κ1) is 12.4. The minimum absolute atomic E-state index is 0.0890. The van der Waals surface area contributed by atoms with Crippen molar-refractivity contribution in [3.05, 3.63) is 29.8 Å². The summed E-state index contributed by atoms with van der Waals surface area (Å²) >= 11 is 0. The number of hydrogen-bond donors (Lipinski definition) is 1. The Morgan fingerprint density at radius 3 is 3.00 bits per heavy atom. The fraction of sp³-hybridized carbons (Fsp3) is 0.571. The Labute approximate surface area is 104 Å². The van der Waals surface area contributed by atoms with Crippen LogP contribution in [0.4, 0.5) is 5.69 Å². The Morgan fingerprint density at radius 1 is 1.35 bits per heavy atom. The van der Waals surface area contributed by atoms with Gasteiger partial charge in [0.25, 0.3) is 0 Å². The molecule has 94 valence electrons. The maximum atomic E-state index is 6.06. The number of aryl methyl sites for hydroxylation is 1. The van der Waals surface area contributed by atoms with Crippen LogP contribution in [0.1, 0.15) is 18.4 Å². The van der Waals surface area contributed by atoms with Gasteiger partial charge in [0.05, 0.1) is 6.61 Å². The molecule has 0 bridgehead atoms. The van der Waals surface area contributed by atoms with Gasteiger partial charge in [0.1, 0.15) is 0 Å². The molecule has 1 heterocycles. The van der Waals surface area contributed by atoms with Crippen molar-refractivity contribution in [3.63, 3.8) is 0 Å². The van der Waals surface area contributed by atoms with Gasteiger partial charge in [-0.3, -0.25) is 0 Å². The van der Waals surface area contributed by atoms with Gasteiger partial charge in [-0.05, 0) is 30.9 Å². The largest absolute Gasteiger partial charge is 0.383 e. The molecular weight excluding hydrogens is 212 g/mol. The molecule has 0 radical (unpaired) electrons. The van der Waals surface area contributed by atoms with Gasteiger partial charge in [-0.1, -0.05) is 18.2 Å². The van der Waals surface area contributed by atoms with Gasteiger partial charge in [-0.15, -0.1) is 0 Å². The molecule has 1 aromatic carbocycles. The lowest BCUT2D eigenvalue weighted by Gasteiger charge is -2.27. The van der Waals surface area contributed by atoms with Gasteiger partial charge in [0.2, 0.25) is 0 Å². The Kier molecular flexibility index (Phi) is 4.40. The second-order valence-electron chi connectivity index (χ2n) is 4.75. The molecule has 0 aromatic heterocycles. The highest BCUT2D eigenvalue weighted by molar-refractivity contribution is 5.54. The van der Waals surface area contributed by atoms with Crippen LogP contribution < -0.4 is 10.6 Å². The molecule has 0 fully saturated rings. The average molecular weight is 234 g/mol. The normalized spacial score (nSPS) is 17.4. The number of fused-ring (bicyclic) bond motifs is 1. The summed E-state index contributed by atoms with van der Waals surface area (Å²) in [5.41, 5.74) is 8.87. The van der Waals surface area contributed by atoms with Crippen LogP contribution in [-0.4, -0.2) is 32.8 Å². The van der Waals surface area contributed by atoms with Crippen LogP contribution in [0.3, 0.4) is 0 Å². The molecule has 3 nitrogen and oxygen atoms in total. The van der Waals surface area contributed by atoms with E-state index in [1.165, 1.54) is 30.5 Å². The van der Waals surface area contributed by atoms with E-state index < -0.39 is 0 Å². The number of nitrogens with zero attached hydrogens (tertiary/aromatic N) is 1. The van der Waals surface area contributed by atoms with Crippen molar-refractivity contribution < 1.29 is 4.74 Å². The van der Waals surface area contributed by atoms with Crippen molar-refractivity contribution in [2.24, 2.45) is 5.73 Å². The second kappa shape index (κ2) is 6.03. The van der Waals surface area contributed by atoms with Crippen LogP contribution in [0.5, 0.6) is 0 Å². The highest BCUT2D eigenvalue weighted by Crippen LogP contribution is 2.25. The number of rotatable bonds is 4. The van der Waals surface area contributed by atoms with Crippen molar-refractivity contribution >= 4 is 5.69 Å². The first-order valence-corrected chi connectivity index (χ1v) is 6.38. The number of nitrogens with two attached hydrogens (primary N) is 1. The van der Waals surface area contributed by atoms with E-state index in [9.17, 15) is 0 Å². The standard InChI is InChI=1S/C14H22N2O/c1-17-11-13(15)10-16-9-5-4-7-12-6-2-3-8-14(12)16/h2-3,6,8,13H,4-5,7,9-11,15H2,1H3. The minimum Gasteiger partial charge on any atom is -0.383 e. The molecular formula is C14H22N2O. The summed E-state index contributed by atoms with van der Waals surface area (Å²) < 4.78 is 5.11. The summed E-state index contributed by atoms with van der Waals surface area (Å²) in [6, 6.07) is 8.76. The maximum Gasteiger partial charge on any atom is 0.0631 e. The lowest BCUT2D eigenvalue weighted by molar-refractivity contribution is 0.181. The third kappa shape index (κ3) is 3.20. The van der Waals surface area contributed by atoms with E-state index in [-0.39, 0.29) is 6.04 Å². The van der Waals surface area contributed by atoms with Gasteiger partial charge in [-0.25, -0.2) is 0 Å². The molecule has 2 N–H and O–H groups in total. The highest BCUT2D eigenvalue weighted by Gasteiger charge is 2.16. The average Bonchev–Trinajstić information content (AvgIpc) is 2.53. The highest BCUT2D eigenvalue weighted by atomic mass is 16.5. The summed E-state index contributed by atoms with van der Waals surface area (Å²) in [4.78, 5) is 2.41. The number of methoxy groups -OCH3 is 1. The fourth-order valence-corrected chi connectivity index (χ4v) is 2.51. The van der Waals surface area contributed by atoms with E-state index in [4.69, 9.17) is 10.5 Å². The first-order valence-electron chi connectivity index (χ1n) is 6.38. The van der Waals surface area contributed by atoms with Crippen molar-refractivity contribution in [2.45, 2.75) is 25.3 Å². The maximum absolute atomic E-state index is 6.06. The van der Waals surface area contributed by atoms with E-state index in [1.807, 2.05) is 0 Å². The molecule has 3 heteroatoms. The van der Waals surface area contributed by atoms with Gasteiger partial charge >= 0.3 is 0 Å². The van der Waals surface area contributed by atoms with Crippen LogP contribution in [0.2, 0.25) is 0 Å². The van der Waals surface area contributed by atoms with Crippen LogP contribution in [0.15, 0.2) is 24.3 Å². The van der Waals surface area contributed by atoms with Crippen molar-refractivity contribution in [2.75, 3.05) is 31.7 Å². The van der Waals surface area contributed by atoms with Gasteiger partial charge in [0.15, 0.2) is 0 Å². The van der Waals surface area contributed by atoms with Gasteiger partial charge < -0.3 is 15.4 Å². The van der Waals surface area contributed by atoms with Crippen molar-refractivity contribution in [1.29, 1.82) is 0 Å². The zero-order valence-corrected chi connectivity index (χ0v) is 10.6. The summed E-state index contributed by atoms with van der Waals surface area (Å²) in [7, 11) is 1.70. The summed E-state index contributed by atoms with van der Waals surface area (Å²) in [6.07, 6.45) is 3.70. The molecule has 0 aliphatic carbocycles. The topological polar surface area (TPSA) is 38.5 Å². The van der Waals surface area contributed by atoms with E-state index in [1.54, 1.807) is 7.11 Å². The summed E-state index contributed by atoms with van der Waals surface area (Å²) in [6.45, 7) is 2.61. The van der Waals surface area contributed by atoms with Crippen LogP contribution >= 0.6 is 0 Å². The van der Waals surface area contributed by atoms with Crippen LogP contribution in [0, 0.1) is 0 Å². The Balaban J connectivity index is 2.11. The van der Waals surface area contributed by atoms with E-state index in [2.05, 4.69) is 29.2 Å². The first-order chi connectivity index (χ1) is 8.31. The molecule has 0 saturated carbocycles. The van der Waals surface area contributed by atoms with Crippen LogP contribution in [-0.2, 0) is 11.2 Å². The monoisotopic (exact) mass is 234 g/mol. The molecule has 0 saturated heterocycles. The van der Waals surface area contributed by atoms with E-state index in [0.29, 0.717) is 6.61 Å². The van der Waals surface area contributed by atoms with Crippen LogP contribution in [0.25, 0.3) is 0 Å². The zero-order valence-electron chi connectivity index (χ0n) is 10.6. The quantitative estimate of drug-likeness (QED) is 0.863. The van der Waals surface area contributed by atoms with Crippen molar-refractivity contribution in [3.8, 4) is 0 Å². The molecule has 1 unspecified atom stereocenters. The van der Waals surface area contributed by atoms with Crippen molar-refractivity contribution in [1.82, 2.24) is 0 Å². The fourth-order valence-electron chi connectivity index (χ4n) is 2.51. The molecule has 0 amide bonds. The molecule has 2 rings (SSSR count). The Hall–Kier alpha value is -1.06. The zero-order chi connectivity index (χ0) is 12.1. The Bertz CT molecular complexity index is 354. The summed E-state index contributed by atoms with van der Waals surface area (Å²) in [5, 5.41) is 0. The second-order valence-corrected chi connectivity index (χ2v) is 4.75. The molecule has 1 aromatic rings. The molecule has 1 aliphatic rings. The lowest BCUT2D eigenvalue weighted by Crippen LogP contribution is -2.40. The lowest BCUT2D eigenvalue weighted by atomic mass is 10.1. The molecule has 1 aliphatic heterocycles. The SMILES string of the molecule is COCC(N)CN1CCCCc2ccccc21. The smallest absolute Gasteiger partial charge is 0.0631 e. The Morgan fingerprint density at radius 2 is 2.18 bits per heavy atom. The number of para-hydroxylation sites is 1. The molecule has 1 atom stereocenters. The number of benzene rings is 1. The van der Waals surface area contributed by atoms with Gasteiger partial charge in [-0.2, -0.15) is 0 Å². The summed E-state index contributed by atoms with van der Waals surface area (Å²) in [5.74, 6) is 0. The third-order valence-electron chi connectivity index (χ3n) is 3.29. The molecule has 0 spiro atoms. The van der Waals surface area contributed by atoms with E-state index in [0.717, 1.165) is 13.1 Å². The number of ether oxygens (including phenoxy) is 1. The van der Waals surface area contributed by atoms with Gasteiger partial charge in [0, 0.05) is 31.9 Å². The molecule has 17 heavy (non-hydrogen) atoms. The predicted molar refractivity (Wildman–Crippen MR) is 71.4 cm³/mol. The number of anilines is 1. The predicted octanol–water partition coefficient (Wildman–Crippen LogP) is 1.80. The third-order valence-corrected chi connectivity index (χ3v) is 3.29. The number of hydrogen-bond acceptors (Lipinski definition) is 3.